The normalized spacial score (nSPS) is 12.1. The summed E-state index contributed by atoms with van der Waals surface area (Å²) in [6.45, 7) is 2.12. The zero-order valence-electron chi connectivity index (χ0n) is 10.1. The third kappa shape index (κ3) is 5.75. The van der Waals surface area contributed by atoms with Gasteiger partial charge >= 0.3 is 0 Å². The molecule has 1 aromatic rings. The summed E-state index contributed by atoms with van der Waals surface area (Å²) in [4.78, 5) is 12.7. The van der Waals surface area contributed by atoms with Gasteiger partial charge in [-0.25, -0.2) is 0 Å². The van der Waals surface area contributed by atoms with E-state index in [0.717, 1.165) is 11.3 Å². The van der Waals surface area contributed by atoms with E-state index in [4.69, 9.17) is 5.11 Å². The van der Waals surface area contributed by atoms with Crippen molar-refractivity contribution in [1.29, 1.82) is 0 Å². The van der Waals surface area contributed by atoms with Crippen molar-refractivity contribution in [3.05, 3.63) is 30.3 Å². The van der Waals surface area contributed by atoms with Crippen LogP contribution in [0.2, 0.25) is 0 Å². The number of benzene rings is 1. The van der Waals surface area contributed by atoms with E-state index in [1.807, 2.05) is 37.3 Å². The molecule has 1 atom stereocenters. The summed E-state index contributed by atoms with van der Waals surface area (Å²) < 4.78 is 0. The van der Waals surface area contributed by atoms with Crippen LogP contribution in [0.3, 0.4) is 0 Å². The summed E-state index contributed by atoms with van der Waals surface area (Å²) in [5.41, 5.74) is 0. The van der Waals surface area contributed by atoms with Gasteiger partial charge in [-0.05, 0) is 25.0 Å². The van der Waals surface area contributed by atoms with Gasteiger partial charge in [0.25, 0.3) is 0 Å². The molecule has 0 saturated heterocycles. The molecule has 1 unspecified atom stereocenters. The van der Waals surface area contributed by atoms with Crippen LogP contribution in [-0.4, -0.2) is 29.4 Å². The first-order valence-corrected chi connectivity index (χ1v) is 6.83. The standard InChI is InChI=1S/C13H19NO2S/c1-2-11(8-9-15)14-13(16)10-17-12-6-4-3-5-7-12/h3-7,11,15H,2,8-10H2,1H3,(H,14,16). The molecule has 0 radical (unpaired) electrons. The predicted octanol–water partition coefficient (Wildman–Crippen LogP) is 2.06. The van der Waals surface area contributed by atoms with E-state index in [1.165, 1.54) is 11.8 Å². The highest BCUT2D eigenvalue weighted by Gasteiger charge is 2.09. The van der Waals surface area contributed by atoms with Crippen LogP contribution in [-0.2, 0) is 4.79 Å². The molecule has 94 valence electrons. The van der Waals surface area contributed by atoms with Gasteiger partial charge in [0, 0.05) is 17.5 Å². The van der Waals surface area contributed by atoms with E-state index in [9.17, 15) is 4.79 Å². The molecular weight excluding hydrogens is 234 g/mol. The molecule has 0 aliphatic carbocycles. The Labute approximate surface area is 107 Å². The second-order valence-electron chi connectivity index (χ2n) is 3.79. The Balaban J connectivity index is 2.30. The Morgan fingerprint density at radius 2 is 2.12 bits per heavy atom. The average molecular weight is 253 g/mol. The van der Waals surface area contributed by atoms with Crippen molar-refractivity contribution in [2.75, 3.05) is 12.4 Å². The quantitative estimate of drug-likeness (QED) is 0.731. The minimum atomic E-state index is 0.0270. The van der Waals surface area contributed by atoms with Crippen molar-refractivity contribution in [1.82, 2.24) is 5.32 Å². The zero-order valence-corrected chi connectivity index (χ0v) is 10.9. The molecule has 0 aromatic heterocycles. The number of carbonyl (C=O) groups is 1. The number of nitrogens with one attached hydrogen (secondary N) is 1. The predicted molar refractivity (Wildman–Crippen MR) is 71.1 cm³/mol. The summed E-state index contributed by atoms with van der Waals surface area (Å²) in [5, 5.41) is 11.8. The lowest BCUT2D eigenvalue weighted by Crippen LogP contribution is -2.36. The Morgan fingerprint density at radius 3 is 2.71 bits per heavy atom. The van der Waals surface area contributed by atoms with Gasteiger partial charge < -0.3 is 10.4 Å². The fraction of sp³-hybridized carbons (Fsp3) is 0.462. The third-order valence-corrected chi connectivity index (χ3v) is 3.46. The summed E-state index contributed by atoms with van der Waals surface area (Å²) >= 11 is 1.52. The number of amides is 1. The van der Waals surface area contributed by atoms with Crippen molar-refractivity contribution >= 4 is 17.7 Å². The number of carbonyl (C=O) groups excluding carboxylic acids is 1. The average Bonchev–Trinajstić information content (AvgIpc) is 2.37. The first-order valence-electron chi connectivity index (χ1n) is 5.84. The highest BCUT2D eigenvalue weighted by Crippen LogP contribution is 2.16. The Kier molecular flexibility index (Phi) is 6.74. The second kappa shape index (κ2) is 8.14. The third-order valence-electron chi connectivity index (χ3n) is 2.45. The molecule has 4 heteroatoms. The molecule has 17 heavy (non-hydrogen) atoms. The van der Waals surface area contributed by atoms with Gasteiger partial charge in [-0.15, -0.1) is 11.8 Å². The van der Waals surface area contributed by atoms with Gasteiger partial charge in [0.05, 0.1) is 5.75 Å². The molecule has 1 rings (SSSR count). The molecule has 1 amide bonds. The first-order chi connectivity index (χ1) is 8.26. The van der Waals surface area contributed by atoms with E-state index < -0.39 is 0 Å². The molecule has 0 spiro atoms. The lowest BCUT2D eigenvalue weighted by Gasteiger charge is -2.15. The number of thioether (sulfide) groups is 1. The Bertz CT molecular complexity index is 329. The van der Waals surface area contributed by atoms with Crippen LogP contribution >= 0.6 is 11.8 Å². The maximum atomic E-state index is 11.6. The Hall–Kier alpha value is -1.00. The number of hydrogen-bond donors (Lipinski definition) is 2. The highest BCUT2D eigenvalue weighted by atomic mass is 32.2. The fourth-order valence-electron chi connectivity index (χ4n) is 1.47. The number of aliphatic hydroxyl groups excluding tert-OH is 1. The van der Waals surface area contributed by atoms with Crippen LogP contribution in [0.5, 0.6) is 0 Å². The molecule has 2 N–H and O–H groups in total. The lowest BCUT2D eigenvalue weighted by atomic mass is 10.1. The van der Waals surface area contributed by atoms with Crippen LogP contribution < -0.4 is 5.32 Å². The minimum absolute atomic E-state index is 0.0270. The van der Waals surface area contributed by atoms with Crippen LogP contribution in [0.25, 0.3) is 0 Å². The highest BCUT2D eigenvalue weighted by molar-refractivity contribution is 8.00. The van der Waals surface area contributed by atoms with Gasteiger partial charge in [-0.1, -0.05) is 25.1 Å². The largest absolute Gasteiger partial charge is 0.396 e. The molecule has 3 nitrogen and oxygen atoms in total. The van der Waals surface area contributed by atoms with E-state index in [0.29, 0.717) is 12.2 Å². The second-order valence-corrected chi connectivity index (χ2v) is 4.84. The van der Waals surface area contributed by atoms with Crippen LogP contribution in [0.15, 0.2) is 35.2 Å². The molecule has 0 fully saturated rings. The van der Waals surface area contributed by atoms with Gasteiger partial charge in [0.15, 0.2) is 0 Å². The van der Waals surface area contributed by atoms with Crippen LogP contribution in [0.4, 0.5) is 0 Å². The van der Waals surface area contributed by atoms with Gasteiger partial charge in [0.2, 0.25) is 5.91 Å². The molecular formula is C13H19NO2S. The summed E-state index contributed by atoms with van der Waals surface area (Å²) in [7, 11) is 0. The van der Waals surface area contributed by atoms with Gasteiger partial charge in [-0.3, -0.25) is 4.79 Å². The van der Waals surface area contributed by atoms with Crippen molar-refractivity contribution in [2.24, 2.45) is 0 Å². The molecule has 0 aliphatic rings. The molecule has 1 aromatic carbocycles. The van der Waals surface area contributed by atoms with Crippen molar-refractivity contribution in [3.8, 4) is 0 Å². The lowest BCUT2D eigenvalue weighted by molar-refractivity contribution is -0.119. The zero-order chi connectivity index (χ0) is 12.5. The smallest absolute Gasteiger partial charge is 0.230 e. The SMILES string of the molecule is CCC(CCO)NC(=O)CSc1ccccc1. The number of hydrogen-bond acceptors (Lipinski definition) is 3. The number of aliphatic hydroxyl groups is 1. The van der Waals surface area contributed by atoms with Crippen LogP contribution in [0, 0.1) is 0 Å². The topological polar surface area (TPSA) is 49.3 Å². The molecule has 0 bridgehead atoms. The maximum absolute atomic E-state index is 11.6. The number of rotatable bonds is 7. The van der Waals surface area contributed by atoms with Gasteiger partial charge in [-0.2, -0.15) is 0 Å². The van der Waals surface area contributed by atoms with E-state index >= 15 is 0 Å². The molecule has 0 heterocycles. The van der Waals surface area contributed by atoms with E-state index in [2.05, 4.69) is 5.32 Å². The maximum Gasteiger partial charge on any atom is 0.230 e. The first kappa shape index (κ1) is 14.1. The minimum Gasteiger partial charge on any atom is -0.396 e. The Morgan fingerprint density at radius 1 is 1.41 bits per heavy atom. The molecule has 0 saturated carbocycles. The van der Waals surface area contributed by atoms with Crippen molar-refractivity contribution < 1.29 is 9.90 Å². The monoisotopic (exact) mass is 253 g/mol. The van der Waals surface area contributed by atoms with Crippen molar-refractivity contribution in [3.63, 3.8) is 0 Å². The summed E-state index contributed by atoms with van der Waals surface area (Å²) in [6, 6.07) is 9.94. The van der Waals surface area contributed by atoms with Gasteiger partial charge in [0.1, 0.15) is 0 Å². The van der Waals surface area contributed by atoms with Crippen LogP contribution in [0.1, 0.15) is 19.8 Å². The summed E-state index contributed by atoms with van der Waals surface area (Å²) in [6.07, 6.45) is 1.47. The van der Waals surface area contributed by atoms with E-state index in [1.54, 1.807) is 0 Å². The summed E-state index contributed by atoms with van der Waals surface area (Å²) in [5.74, 6) is 0.450. The fourth-order valence-corrected chi connectivity index (χ4v) is 2.20. The molecule has 0 aliphatic heterocycles. The van der Waals surface area contributed by atoms with E-state index in [-0.39, 0.29) is 18.6 Å². The van der Waals surface area contributed by atoms with Crippen molar-refractivity contribution in [2.45, 2.75) is 30.7 Å².